The van der Waals surface area contributed by atoms with Gasteiger partial charge in [-0.15, -0.1) is 6.58 Å². The Labute approximate surface area is 179 Å². The van der Waals surface area contributed by atoms with Gasteiger partial charge in [-0.3, -0.25) is 0 Å². The third-order valence-electron chi connectivity index (χ3n) is 11.5. The molecule has 4 fully saturated rings. The summed E-state index contributed by atoms with van der Waals surface area (Å²) in [6.07, 6.45) is 13.3. The lowest BCUT2D eigenvalue weighted by Crippen LogP contribution is -2.65. The lowest BCUT2D eigenvalue weighted by Gasteiger charge is -2.70. The van der Waals surface area contributed by atoms with Crippen molar-refractivity contribution in [2.24, 2.45) is 45.3 Å². The van der Waals surface area contributed by atoms with Crippen molar-refractivity contribution in [2.75, 3.05) is 0 Å². The van der Waals surface area contributed by atoms with Gasteiger partial charge in [0.1, 0.15) is 0 Å². The molecule has 0 aromatic rings. The smallest absolute Gasteiger partial charge is 0.0602 e. The highest BCUT2D eigenvalue weighted by Gasteiger charge is 2.70. The van der Waals surface area contributed by atoms with E-state index >= 15 is 0 Å². The predicted molar refractivity (Wildman–Crippen MR) is 120 cm³/mol. The van der Waals surface area contributed by atoms with Gasteiger partial charge < -0.3 is 10.2 Å². The van der Waals surface area contributed by atoms with Crippen molar-refractivity contribution < 1.29 is 10.2 Å². The monoisotopic (exact) mass is 402 g/mol. The summed E-state index contributed by atoms with van der Waals surface area (Å²) in [6.45, 7) is 16.6. The topological polar surface area (TPSA) is 40.5 Å². The lowest BCUT2D eigenvalue weighted by atomic mass is 9.35. The van der Waals surface area contributed by atoms with Gasteiger partial charge in [-0.05, 0) is 91.3 Å². The Hall–Kier alpha value is -0.340. The van der Waals surface area contributed by atoms with Crippen LogP contribution in [-0.4, -0.2) is 22.4 Å². The molecule has 4 rings (SSSR count). The molecule has 4 aliphatic carbocycles. The number of allylic oxidation sites excluding steroid dienone is 1. The van der Waals surface area contributed by atoms with Gasteiger partial charge in [0.25, 0.3) is 0 Å². The standard InChI is InChI=1S/C27H46O2/c1-7-9-18(3)20-10-11-21-26(20,6)23(29)16-22-25(5)13-12-19(28)17-24(25,4)14-15-27(21,22)8-2/h8,18-23,28-29H,2,7,9-17H2,1,3-6H3/t18?,19-,20-,21-,22-,23+,24-,25?,26?,27+/m1/s1. The molecule has 10 atom stereocenters. The number of hydrogen-bond donors (Lipinski definition) is 2. The van der Waals surface area contributed by atoms with Gasteiger partial charge in [-0.25, -0.2) is 0 Å². The molecule has 0 amide bonds. The third kappa shape index (κ3) is 2.73. The predicted octanol–water partition coefficient (Wildman–Crippen LogP) is 6.36. The fourth-order valence-corrected chi connectivity index (χ4v) is 9.73. The SMILES string of the molecule is C=C[C@@]12CC[C@]3(C)C[C@H](O)CCC3(C)[C@H]1C[C@H](O)C1(C)[C@@H](C(C)CCC)CC[C@H]12. The van der Waals surface area contributed by atoms with E-state index < -0.39 is 0 Å². The number of hydrogen-bond acceptors (Lipinski definition) is 2. The van der Waals surface area contributed by atoms with Crippen LogP contribution < -0.4 is 0 Å². The van der Waals surface area contributed by atoms with Crippen LogP contribution in [0.4, 0.5) is 0 Å². The van der Waals surface area contributed by atoms with Gasteiger partial charge in [0.2, 0.25) is 0 Å². The van der Waals surface area contributed by atoms with Gasteiger partial charge in [0, 0.05) is 5.41 Å². The summed E-state index contributed by atoms with van der Waals surface area (Å²) in [5, 5.41) is 22.2. The zero-order chi connectivity index (χ0) is 21.2. The van der Waals surface area contributed by atoms with Crippen LogP contribution >= 0.6 is 0 Å². The van der Waals surface area contributed by atoms with Crippen LogP contribution in [0.5, 0.6) is 0 Å². The first-order valence-corrected chi connectivity index (χ1v) is 12.6. The minimum Gasteiger partial charge on any atom is -0.393 e. The summed E-state index contributed by atoms with van der Waals surface area (Å²) in [4.78, 5) is 0. The Morgan fingerprint density at radius 3 is 2.41 bits per heavy atom. The van der Waals surface area contributed by atoms with Crippen molar-refractivity contribution in [3.63, 3.8) is 0 Å². The first-order chi connectivity index (χ1) is 13.6. The number of rotatable bonds is 4. The van der Waals surface area contributed by atoms with Crippen molar-refractivity contribution in [1.29, 1.82) is 0 Å². The Morgan fingerprint density at radius 1 is 1.03 bits per heavy atom. The van der Waals surface area contributed by atoms with E-state index in [2.05, 4.69) is 47.3 Å². The Balaban J connectivity index is 1.75. The van der Waals surface area contributed by atoms with E-state index in [4.69, 9.17) is 0 Å². The summed E-state index contributed by atoms with van der Waals surface area (Å²) < 4.78 is 0. The molecule has 0 heterocycles. The van der Waals surface area contributed by atoms with Gasteiger partial charge in [-0.1, -0.05) is 53.5 Å². The second kappa shape index (κ2) is 7.09. The summed E-state index contributed by atoms with van der Waals surface area (Å²) in [5.41, 5.74) is 0.555. The first kappa shape index (κ1) is 21.9. The Kier molecular flexibility index (Phi) is 5.35. The number of fused-ring (bicyclic) bond motifs is 5. The van der Waals surface area contributed by atoms with Crippen molar-refractivity contribution in [3.8, 4) is 0 Å². The molecular formula is C27H46O2. The maximum atomic E-state index is 11.7. The fourth-order valence-electron chi connectivity index (χ4n) is 9.73. The zero-order valence-corrected chi connectivity index (χ0v) is 19.7. The molecule has 2 nitrogen and oxygen atoms in total. The third-order valence-corrected chi connectivity index (χ3v) is 11.5. The first-order valence-electron chi connectivity index (χ1n) is 12.6. The molecule has 0 spiro atoms. The van der Waals surface area contributed by atoms with Crippen LogP contribution in [0.2, 0.25) is 0 Å². The lowest BCUT2D eigenvalue weighted by molar-refractivity contribution is -0.227. The molecule has 0 aromatic heterocycles. The molecule has 0 radical (unpaired) electrons. The molecule has 0 saturated heterocycles. The molecule has 0 bridgehead atoms. The molecule has 4 aliphatic rings. The molecule has 29 heavy (non-hydrogen) atoms. The van der Waals surface area contributed by atoms with Crippen molar-refractivity contribution in [2.45, 2.75) is 111 Å². The van der Waals surface area contributed by atoms with Gasteiger partial charge >= 0.3 is 0 Å². The Morgan fingerprint density at radius 2 is 1.76 bits per heavy atom. The van der Waals surface area contributed by atoms with Crippen molar-refractivity contribution in [1.82, 2.24) is 0 Å². The molecular weight excluding hydrogens is 356 g/mol. The van der Waals surface area contributed by atoms with E-state index in [-0.39, 0.29) is 33.9 Å². The molecule has 2 N–H and O–H groups in total. The van der Waals surface area contributed by atoms with E-state index in [9.17, 15) is 10.2 Å². The number of aliphatic hydroxyl groups excluding tert-OH is 2. The van der Waals surface area contributed by atoms with Crippen LogP contribution in [0.15, 0.2) is 12.7 Å². The maximum Gasteiger partial charge on any atom is 0.0602 e. The van der Waals surface area contributed by atoms with Crippen LogP contribution in [0, 0.1) is 45.3 Å². The highest BCUT2D eigenvalue weighted by Crippen LogP contribution is 2.75. The van der Waals surface area contributed by atoms with Gasteiger partial charge in [0.05, 0.1) is 12.2 Å². The van der Waals surface area contributed by atoms with Gasteiger partial charge in [0.15, 0.2) is 0 Å². The van der Waals surface area contributed by atoms with Crippen molar-refractivity contribution in [3.05, 3.63) is 12.7 Å². The highest BCUT2D eigenvalue weighted by atomic mass is 16.3. The summed E-state index contributed by atoms with van der Waals surface area (Å²) in [5.74, 6) is 2.37. The second-order valence-corrected chi connectivity index (χ2v) is 12.4. The fraction of sp³-hybridized carbons (Fsp3) is 0.926. The largest absolute Gasteiger partial charge is 0.393 e. The molecule has 3 unspecified atom stereocenters. The quantitative estimate of drug-likeness (QED) is 0.537. The minimum absolute atomic E-state index is 0.0254. The van der Waals surface area contributed by atoms with E-state index in [1.54, 1.807) is 0 Å². The Bertz CT molecular complexity index is 644. The highest BCUT2D eigenvalue weighted by molar-refractivity contribution is 5.23. The molecule has 2 heteroatoms. The van der Waals surface area contributed by atoms with Crippen LogP contribution in [0.1, 0.15) is 98.8 Å². The van der Waals surface area contributed by atoms with E-state index in [1.165, 1.54) is 38.5 Å². The maximum absolute atomic E-state index is 11.7. The average Bonchev–Trinajstić information content (AvgIpc) is 3.04. The summed E-state index contributed by atoms with van der Waals surface area (Å²) >= 11 is 0. The van der Waals surface area contributed by atoms with Gasteiger partial charge in [-0.2, -0.15) is 0 Å². The summed E-state index contributed by atoms with van der Waals surface area (Å²) in [6, 6.07) is 0. The summed E-state index contributed by atoms with van der Waals surface area (Å²) in [7, 11) is 0. The number of aliphatic hydroxyl groups is 2. The zero-order valence-electron chi connectivity index (χ0n) is 19.7. The molecule has 4 saturated carbocycles. The van der Waals surface area contributed by atoms with Crippen LogP contribution in [-0.2, 0) is 0 Å². The minimum atomic E-state index is -0.205. The second-order valence-electron chi connectivity index (χ2n) is 12.4. The molecule has 0 aromatic carbocycles. The molecule has 0 aliphatic heterocycles. The van der Waals surface area contributed by atoms with Crippen molar-refractivity contribution >= 4 is 0 Å². The van der Waals surface area contributed by atoms with E-state index in [0.29, 0.717) is 23.7 Å². The average molecular weight is 403 g/mol. The molecule has 166 valence electrons. The van der Waals surface area contributed by atoms with Crippen LogP contribution in [0.3, 0.4) is 0 Å². The van der Waals surface area contributed by atoms with Crippen LogP contribution in [0.25, 0.3) is 0 Å². The van der Waals surface area contributed by atoms with E-state index in [0.717, 1.165) is 25.7 Å². The van der Waals surface area contributed by atoms with E-state index in [1.807, 2.05) is 0 Å². The normalized spacial score (nSPS) is 55.5.